The smallest absolute Gasteiger partial charge is 0.327 e. The van der Waals surface area contributed by atoms with Crippen molar-refractivity contribution in [2.75, 3.05) is 56.3 Å². The maximum absolute atomic E-state index is 14.8. The van der Waals surface area contributed by atoms with Crippen LogP contribution in [0.15, 0.2) is 35.3 Å². The molecule has 2 heterocycles. The van der Waals surface area contributed by atoms with Gasteiger partial charge in [-0.2, -0.15) is 17.6 Å². The molecule has 0 aliphatic carbocycles. The first kappa shape index (κ1) is 100. The highest BCUT2D eigenvalue weighted by Crippen LogP contribution is 2.23. The van der Waals surface area contributed by atoms with Crippen LogP contribution in [0.1, 0.15) is 112 Å². The summed E-state index contributed by atoms with van der Waals surface area (Å²) in [5.41, 5.74) is 5.43. The number of anilines is 2. The fourth-order valence-electron chi connectivity index (χ4n) is 11.0. The van der Waals surface area contributed by atoms with Crippen molar-refractivity contribution in [1.82, 2.24) is 57.2 Å². The summed E-state index contributed by atoms with van der Waals surface area (Å²) in [6.45, 7) is -5.82. The standard InChI is InChI=1S/C68H101N13O34S/c69-68-80-60-53(65(111)81-68)75-34(21-74-60)20-70-33-6-1-29(2-7-33)61(107)78-38(66(112)113)9-8-35(85)17-30(3-12-48(94)71-22-42(88)54(101)57(104)45(91)25-82)62(108)76-36(10-15-51(97)98)40(86)18-31(4-13-49(95)72-23-43(89)55(102)58(105)46(92)26-83)63(109)77-37(11-16-52(99)100)41(87)19-32(64(110)79-39(28-116)67(114)115)5-14-50(96)73-24-44(90)56(103)59(106)47(93)27-84/h1-2,6-7,21,30-32,36-39,42-47,54-59,70,82-84,88-93,101-106,116H,3-5,8-20,22-28H2,(H,71,94)(H,72,95)(H,73,96)(H,76,108)(H,77,109)(H,78,107)(H,79,110)(H,97,98)(H,99,100)(H,112,113)(H,114,115)(H3,69,74,80,81,111)/t30-,31-,32-,36-,37-,38+,39-,42+,43+,44+,45-,46-,47-,54-,55-,56-,57-,58-,59-/m1/s1. The van der Waals surface area contributed by atoms with Gasteiger partial charge in [-0.05, 0) is 62.8 Å². The zero-order valence-electron chi connectivity index (χ0n) is 62.1. The Hall–Kier alpha value is -10.0. The number of amides is 7. The third-order valence-electron chi connectivity index (χ3n) is 18.1. The van der Waals surface area contributed by atoms with E-state index in [2.05, 4.69) is 75.1 Å². The Morgan fingerprint density at radius 2 is 0.819 bits per heavy atom. The number of fused-ring (bicyclic) bond motifs is 1. The molecule has 0 fully saturated rings. The molecule has 0 saturated heterocycles. The number of ketones is 3. The molecule has 47 nitrogen and oxygen atoms in total. The molecular weight excluding hydrogens is 1570 g/mol. The first-order valence-electron chi connectivity index (χ1n) is 36.0. The lowest BCUT2D eigenvalue weighted by Crippen LogP contribution is -2.50. The molecule has 0 unspecified atom stereocenters. The fraction of sp³-hybridized carbons (Fsp3) is 0.618. The van der Waals surface area contributed by atoms with Crippen LogP contribution in [0.5, 0.6) is 0 Å². The molecule has 3 rings (SSSR count). The summed E-state index contributed by atoms with van der Waals surface area (Å²) in [6, 6.07) is -2.18. The lowest BCUT2D eigenvalue weighted by atomic mass is 9.89. The number of nitrogens with one attached hydrogen (secondary N) is 9. The van der Waals surface area contributed by atoms with E-state index in [0.29, 0.717) is 11.4 Å². The van der Waals surface area contributed by atoms with Gasteiger partial charge in [-0.1, -0.05) is 0 Å². The molecule has 648 valence electrons. The molecule has 0 aliphatic heterocycles. The van der Waals surface area contributed by atoms with Gasteiger partial charge in [-0.3, -0.25) is 67.3 Å². The Bertz CT molecular complexity index is 3870. The van der Waals surface area contributed by atoms with Gasteiger partial charge < -0.3 is 145 Å². The largest absolute Gasteiger partial charge is 0.481 e. The molecule has 30 N–H and O–H groups in total. The topological polar surface area (TPSA) is 817 Å². The molecule has 19 atom stereocenters. The third kappa shape index (κ3) is 34.4. The number of hydrogen-bond donors (Lipinski definition) is 30. The van der Waals surface area contributed by atoms with E-state index in [1.54, 1.807) is 0 Å². The number of Topliss-reactive ketones (excluding diaryl/α,β-unsaturated/α-hetero) is 3. The summed E-state index contributed by atoms with van der Waals surface area (Å²) in [7, 11) is 0. The van der Waals surface area contributed by atoms with Gasteiger partial charge in [-0.25, -0.2) is 19.6 Å². The van der Waals surface area contributed by atoms with E-state index < -0.39 is 345 Å². The third-order valence-corrected chi connectivity index (χ3v) is 18.4. The van der Waals surface area contributed by atoms with E-state index in [1.807, 2.05) is 0 Å². The number of H-pyrrole nitrogens is 1. The van der Waals surface area contributed by atoms with Gasteiger partial charge in [-0.15, -0.1) is 0 Å². The molecule has 48 heteroatoms. The normalized spacial score (nSPS) is 16.4. The number of hydrogen-bond acceptors (Lipinski definition) is 36. The van der Waals surface area contributed by atoms with Crippen LogP contribution in [0.25, 0.3) is 11.2 Å². The van der Waals surface area contributed by atoms with Crippen LogP contribution in [0.2, 0.25) is 0 Å². The Labute approximate surface area is 663 Å². The summed E-state index contributed by atoms with van der Waals surface area (Å²) in [4.78, 5) is 215. The number of carboxylic acids is 4. The number of aromatic amines is 1. The number of carbonyl (C=O) groups excluding carboxylic acids is 10. The number of rotatable bonds is 58. The van der Waals surface area contributed by atoms with Crippen LogP contribution in [0, 0.1) is 17.8 Å². The number of aromatic nitrogens is 4. The lowest BCUT2D eigenvalue weighted by Gasteiger charge is -2.26. The Morgan fingerprint density at radius 1 is 0.448 bits per heavy atom. The molecule has 0 radical (unpaired) electrons. The van der Waals surface area contributed by atoms with E-state index >= 15 is 0 Å². The molecule has 0 bridgehead atoms. The number of nitrogens with two attached hydrogens (primary N) is 1. The SMILES string of the molecule is Nc1nc2ncc(CNc3ccc(C(=O)N[C@@H](CCC(=O)C[C@@H](CCC(=O)NC[C@H](O)[C@@H](O)[C@H](O)[C@H](O)CO)C(=O)N[C@H](CCC(=O)O)C(=O)C[C@@H](CCC(=O)NC[C@H](O)[C@@H](O)[C@H](O)[C@H](O)CO)C(=O)N[C@H](CCC(=O)O)C(=O)C[C@@H](CCC(=O)NC[C@H](O)[C@@H](O)[C@H](O)[C@H](O)CO)C(=O)N[C@H](CS)C(=O)O)C(=O)O)cc3)nc2c(=O)[nH]1. The number of nitrogen functional groups attached to an aromatic ring is 1. The van der Waals surface area contributed by atoms with Crippen LogP contribution >= 0.6 is 12.6 Å². The zero-order valence-corrected chi connectivity index (χ0v) is 63.0. The van der Waals surface area contributed by atoms with Crippen LogP contribution in [-0.2, 0) is 68.9 Å². The highest BCUT2D eigenvalue weighted by Gasteiger charge is 2.38. The van der Waals surface area contributed by atoms with Crippen molar-refractivity contribution < 1.29 is 164 Å². The maximum atomic E-state index is 14.8. The van der Waals surface area contributed by atoms with Crippen molar-refractivity contribution in [3.8, 4) is 0 Å². The molecular formula is C68H101N13O34S. The van der Waals surface area contributed by atoms with E-state index in [4.69, 9.17) is 10.8 Å². The number of carboxylic acid groups (broad SMARTS) is 4. The van der Waals surface area contributed by atoms with Crippen LogP contribution in [-0.4, -0.2) is 342 Å². The van der Waals surface area contributed by atoms with Gasteiger partial charge in [0.2, 0.25) is 41.4 Å². The summed E-state index contributed by atoms with van der Waals surface area (Å²) in [5, 5.41) is 207. The van der Waals surface area contributed by atoms with E-state index in [1.165, 1.54) is 30.5 Å². The van der Waals surface area contributed by atoms with Crippen molar-refractivity contribution in [1.29, 1.82) is 0 Å². The summed E-state index contributed by atoms with van der Waals surface area (Å²) in [5.74, 6) is -24.3. The van der Waals surface area contributed by atoms with Crippen molar-refractivity contribution in [3.05, 3.63) is 52.1 Å². The minimum atomic E-state index is -2.22. The molecule has 1 aromatic carbocycles. The Balaban J connectivity index is 2.05. The predicted octanol–water partition coefficient (Wildman–Crippen LogP) is -11.2. The van der Waals surface area contributed by atoms with Gasteiger partial charge in [0.1, 0.15) is 72.8 Å². The second kappa shape index (κ2) is 50.5. The molecule has 0 spiro atoms. The van der Waals surface area contributed by atoms with Crippen molar-refractivity contribution in [2.45, 2.75) is 200 Å². The number of benzene rings is 1. The monoisotopic (exact) mass is 1680 g/mol. The average molecular weight is 1680 g/mol. The molecule has 2 aromatic heterocycles. The molecule has 0 aliphatic rings. The Morgan fingerprint density at radius 3 is 1.19 bits per heavy atom. The number of carbonyl (C=O) groups is 14. The Kier molecular flexibility index (Phi) is 43.6. The van der Waals surface area contributed by atoms with Gasteiger partial charge >= 0.3 is 23.9 Å². The summed E-state index contributed by atoms with van der Waals surface area (Å²) in [6.07, 6.45) is -36.5. The highest BCUT2D eigenvalue weighted by atomic mass is 32.1. The van der Waals surface area contributed by atoms with Gasteiger partial charge in [0.05, 0.1) is 68.7 Å². The molecule has 0 saturated carbocycles. The second-order valence-corrected chi connectivity index (χ2v) is 27.4. The van der Waals surface area contributed by atoms with E-state index in [-0.39, 0.29) is 29.2 Å². The van der Waals surface area contributed by atoms with Crippen LogP contribution in [0.4, 0.5) is 11.6 Å². The quantitative estimate of drug-likeness (QED) is 0.0233. The number of aliphatic hydroxyl groups excluding tert-OH is 15. The average Bonchev–Trinajstić information content (AvgIpc) is 0.810. The van der Waals surface area contributed by atoms with Crippen molar-refractivity contribution in [2.24, 2.45) is 17.8 Å². The first-order valence-corrected chi connectivity index (χ1v) is 36.6. The zero-order chi connectivity index (χ0) is 87.4. The summed E-state index contributed by atoms with van der Waals surface area (Å²) >= 11 is 3.90. The van der Waals surface area contributed by atoms with E-state index in [9.17, 15) is 164 Å². The second-order valence-electron chi connectivity index (χ2n) is 27.0. The first-order chi connectivity index (χ1) is 54.5. The minimum absolute atomic E-state index is 0.0111. The van der Waals surface area contributed by atoms with Crippen molar-refractivity contribution in [3.63, 3.8) is 0 Å². The number of aliphatic hydroxyl groups is 15. The number of thiol groups is 1. The van der Waals surface area contributed by atoms with Gasteiger partial charge in [0, 0.05) is 112 Å². The fourth-order valence-corrected chi connectivity index (χ4v) is 11.3. The minimum Gasteiger partial charge on any atom is -0.481 e. The number of aliphatic carboxylic acids is 4. The van der Waals surface area contributed by atoms with Crippen molar-refractivity contribution >= 4 is 118 Å². The molecule has 3 aromatic rings. The summed E-state index contributed by atoms with van der Waals surface area (Å²) < 4.78 is 0. The van der Waals surface area contributed by atoms with Gasteiger partial charge in [0.15, 0.2) is 22.7 Å². The number of nitrogens with zero attached hydrogens (tertiary/aromatic N) is 3. The molecule has 7 amide bonds. The van der Waals surface area contributed by atoms with E-state index in [0.717, 1.165) is 0 Å². The van der Waals surface area contributed by atoms with Gasteiger partial charge in [0.25, 0.3) is 11.5 Å². The van der Waals surface area contributed by atoms with Crippen LogP contribution < -0.4 is 53.8 Å². The maximum Gasteiger partial charge on any atom is 0.327 e. The lowest BCUT2D eigenvalue weighted by molar-refractivity contribution is -0.142. The molecule has 116 heavy (non-hydrogen) atoms. The van der Waals surface area contributed by atoms with Crippen LogP contribution in [0.3, 0.4) is 0 Å². The predicted molar refractivity (Wildman–Crippen MR) is 395 cm³/mol. The highest BCUT2D eigenvalue weighted by molar-refractivity contribution is 7.80.